The third kappa shape index (κ3) is 3.42. The van der Waals surface area contributed by atoms with E-state index in [0.29, 0.717) is 21.7 Å². The monoisotopic (exact) mass is 409 g/mol. The molecule has 0 aliphatic heterocycles. The topological polar surface area (TPSA) is 86.2 Å². The van der Waals surface area contributed by atoms with Crippen molar-refractivity contribution in [2.24, 2.45) is 0 Å². The van der Waals surface area contributed by atoms with E-state index in [1.807, 2.05) is 19.9 Å². The van der Waals surface area contributed by atoms with Gasteiger partial charge in [-0.25, -0.2) is 9.36 Å². The van der Waals surface area contributed by atoms with Crippen molar-refractivity contribution in [2.75, 3.05) is 0 Å². The fraction of sp³-hybridized carbons (Fsp3) is 0.190. The molecule has 3 aromatic heterocycles. The number of carbonyl (C=O) groups excluding carboxylic acids is 1. The van der Waals surface area contributed by atoms with Crippen LogP contribution in [0, 0.1) is 13.8 Å². The first-order valence-electron chi connectivity index (χ1n) is 9.07. The number of aryl methyl sites for hydroxylation is 2. The van der Waals surface area contributed by atoms with Gasteiger partial charge in [0.05, 0.1) is 23.9 Å². The van der Waals surface area contributed by atoms with Gasteiger partial charge in [0.2, 0.25) is 5.91 Å². The second-order valence-corrected chi connectivity index (χ2v) is 7.87. The van der Waals surface area contributed by atoms with Gasteiger partial charge in [0.15, 0.2) is 0 Å². The van der Waals surface area contributed by atoms with Gasteiger partial charge in [0.25, 0.3) is 5.56 Å². The van der Waals surface area contributed by atoms with Crippen LogP contribution in [0.2, 0.25) is 0 Å². The lowest BCUT2D eigenvalue weighted by atomic mass is 10.2. The van der Waals surface area contributed by atoms with Gasteiger partial charge >= 0.3 is 5.69 Å². The molecule has 0 bridgehead atoms. The largest absolute Gasteiger partial charge is 0.467 e. The number of carbonyl (C=O) groups is 1. The number of hydrogen-bond acceptors (Lipinski definition) is 5. The highest BCUT2D eigenvalue weighted by molar-refractivity contribution is 7.18. The number of nitrogens with one attached hydrogen (secondary N) is 1. The Bertz CT molecular complexity index is 1300. The average molecular weight is 409 g/mol. The fourth-order valence-corrected chi connectivity index (χ4v) is 4.34. The fourth-order valence-electron chi connectivity index (χ4n) is 3.20. The molecule has 0 radical (unpaired) electrons. The molecule has 7 nitrogen and oxygen atoms in total. The van der Waals surface area contributed by atoms with Crippen molar-refractivity contribution >= 4 is 27.5 Å². The van der Waals surface area contributed by atoms with E-state index in [0.717, 1.165) is 15.0 Å². The van der Waals surface area contributed by atoms with Crippen LogP contribution in [-0.2, 0) is 17.9 Å². The van der Waals surface area contributed by atoms with Crippen LogP contribution in [-0.4, -0.2) is 15.0 Å². The van der Waals surface area contributed by atoms with E-state index in [4.69, 9.17) is 4.42 Å². The third-order valence-electron chi connectivity index (χ3n) is 4.81. The number of thiophene rings is 1. The number of rotatable bonds is 5. The van der Waals surface area contributed by atoms with Crippen LogP contribution in [0.3, 0.4) is 0 Å². The summed E-state index contributed by atoms with van der Waals surface area (Å²) < 4.78 is 7.71. The summed E-state index contributed by atoms with van der Waals surface area (Å²) in [7, 11) is 0. The van der Waals surface area contributed by atoms with Crippen molar-refractivity contribution in [3.8, 4) is 5.69 Å². The molecule has 8 heteroatoms. The maximum absolute atomic E-state index is 13.2. The molecular formula is C21H19N3O4S. The Morgan fingerprint density at radius 1 is 1.10 bits per heavy atom. The second-order valence-electron chi connectivity index (χ2n) is 6.66. The lowest BCUT2D eigenvalue weighted by molar-refractivity contribution is -0.121. The minimum atomic E-state index is -0.539. The first-order chi connectivity index (χ1) is 14.0. The number of hydrogen-bond donors (Lipinski definition) is 1. The lowest BCUT2D eigenvalue weighted by Gasteiger charge is -2.12. The molecule has 0 saturated heterocycles. The Labute approximate surface area is 169 Å². The molecule has 0 unspecified atom stereocenters. The van der Waals surface area contributed by atoms with Gasteiger partial charge in [-0.3, -0.25) is 14.2 Å². The smallest absolute Gasteiger partial charge is 0.337 e. The standard InChI is InChI=1S/C21H19N3O4S/c1-13-14(2)29-20-18(13)19(26)24(15-7-4-3-5-8-15)21(27)23(20)12-17(25)22-11-16-9-6-10-28-16/h3-10H,11-12H2,1-2H3,(H,22,25). The molecule has 1 aromatic carbocycles. The molecule has 0 spiro atoms. The predicted octanol–water partition coefficient (Wildman–Crippen LogP) is 2.74. The van der Waals surface area contributed by atoms with Crippen molar-refractivity contribution in [1.82, 2.24) is 14.5 Å². The van der Waals surface area contributed by atoms with Gasteiger partial charge in [-0.05, 0) is 43.7 Å². The van der Waals surface area contributed by atoms with Crippen LogP contribution in [0.15, 0.2) is 62.7 Å². The number of amides is 1. The van der Waals surface area contributed by atoms with E-state index in [1.165, 1.54) is 22.2 Å². The van der Waals surface area contributed by atoms with Gasteiger partial charge in [-0.1, -0.05) is 18.2 Å². The molecule has 29 heavy (non-hydrogen) atoms. The number of nitrogens with zero attached hydrogens (tertiary/aromatic N) is 2. The quantitative estimate of drug-likeness (QED) is 0.549. The Kier molecular flexibility index (Phi) is 4.94. The van der Waals surface area contributed by atoms with Gasteiger partial charge in [-0.2, -0.15) is 0 Å². The molecule has 0 aliphatic carbocycles. The molecule has 0 fully saturated rings. The van der Waals surface area contributed by atoms with E-state index >= 15 is 0 Å². The van der Waals surface area contributed by atoms with Gasteiger partial charge in [0.1, 0.15) is 17.1 Å². The highest BCUT2D eigenvalue weighted by Crippen LogP contribution is 2.27. The number of fused-ring (bicyclic) bond motifs is 1. The van der Waals surface area contributed by atoms with E-state index in [1.54, 1.807) is 36.4 Å². The Morgan fingerprint density at radius 3 is 2.55 bits per heavy atom. The molecule has 3 heterocycles. The number of para-hydroxylation sites is 1. The zero-order valence-electron chi connectivity index (χ0n) is 16.0. The summed E-state index contributed by atoms with van der Waals surface area (Å²) >= 11 is 1.35. The van der Waals surface area contributed by atoms with Crippen LogP contribution in [0.25, 0.3) is 15.9 Å². The highest BCUT2D eigenvalue weighted by Gasteiger charge is 2.20. The van der Waals surface area contributed by atoms with Crippen LogP contribution >= 0.6 is 11.3 Å². The molecule has 0 atom stereocenters. The summed E-state index contributed by atoms with van der Waals surface area (Å²) in [6.07, 6.45) is 1.53. The first kappa shape index (κ1) is 18.9. The molecule has 4 aromatic rings. The SMILES string of the molecule is Cc1sc2c(c1C)c(=O)n(-c1ccccc1)c(=O)n2CC(=O)NCc1ccco1. The maximum atomic E-state index is 13.2. The Balaban J connectivity index is 1.82. The van der Waals surface area contributed by atoms with Gasteiger partial charge in [0, 0.05) is 4.88 Å². The van der Waals surface area contributed by atoms with E-state index < -0.39 is 5.69 Å². The summed E-state index contributed by atoms with van der Waals surface area (Å²) in [5.74, 6) is 0.277. The van der Waals surface area contributed by atoms with Crippen molar-refractivity contribution in [3.05, 3.63) is 85.8 Å². The normalized spacial score (nSPS) is 11.1. The minimum absolute atomic E-state index is 0.192. The van der Waals surface area contributed by atoms with E-state index in [-0.39, 0.29) is 24.6 Å². The number of aromatic nitrogens is 2. The third-order valence-corrected chi connectivity index (χ3v) is 6.04. The van der Waals surface area contributed by atoms with Crippen LogP contribution < -0.4 is 16.6 Å². The van der Waals surface area contributed by atoms with Crippen LogP contribution in [0.1, 0.15) is 16.2 Å². The Morgan fingerprint density at radius 2 is 1.86 bits per heavy atom. The first-order valence-corrected chi connectivity index (χ1v) is 9.89. The summed E-state index contributed by atoms with van der Waals surface area (Å²) in [6, 6.07) is 12.2. The summed E-state index contributed by atoms with van der Waals surface area (Å²) in [4.78, 5) is 40.4. The molecular weight excluding hydrogens is 390 g/mol. The minimum Gasteiger partial charge on any atom is -0.467 e. The molecule has 1 N–H and O–H groups in total. The summed E-state index contributed by atoms with van der Waals surface area (Å²) in [6.45, 7) is 3.79. The van der Waals surface area contributed by atoms with Crippen molar-refractivity contribution in [1.29, 1.82) is 0 Å². The number of benzene rings is 1. The zero-order chi connectivity index (χ0) is 20.5. The van der Waals surface area contributed by atoms with E-state index in [9.17, 15) is 14.4 Å². The molecule has 0 saturated carbocycles. The van der Waals surface area contributed by atoms with Gasteiger partial charge < -0.3 is 9.73 Å². The highest BCUT2D eigenvalue weighted by atomic mass is 32.1. The van der Waals surface area contributed by atoms with Crippen molar-refractivity contribution < 1.29 is 9.21 Å². The van der Waals surface area contributed by atoms with Crippen molar-refractivity contribution in [3.63, 3.8) is 0 Å². The molecule has 1 amide bonds. The van der Waals surface area contributed by atoms with Gasteiger partial charge in [-0.15, -0.1) is 11.3 Å². The summed E-state index contributed by atoms with van der Waals surface area (Å²) in [5, 5.41) is 3.21. The molecule has 148 valence electrons. The van der Waals surface area contributed by atoms with E-state index in [2.05, 4.69) is 5.32 Å². The second kappa shape index (κ2) is 7.56. The lowest BCUT2D eigenvalue weighted by Crippen LogP contribution is -2.41. The molecule has 4 rings (SSSR count). The zero-order valence-corrected chi connectivity index (χ0v) is 16.8. The van der Waals surface area contributed by atoms with Crippen molar-refractivity contribution in [2.45, 2.75) is 26.9 Å². The van der Waals surface area contributed by atoms with Crippen LogP contribution in [0.4, 0.5) is 0 Å². The average Bonchev–Trinajstić information content (AvgIpc) is 3.33. The molecule has 0 aliphatic rings. The predicted molar refractivity (Wildman–Crippen MR) is 112 cm³/mol. The summed E-state index contributed by atoms with van der Waals surface area (Å²) in [5.41, 5.74) is 0.384. The maximum Gasteiger partial charge on any atom is 0.337 e. The number of furan rings is 1. The Hall–Kier alpha value is -3.39. The van der Waals surface area contributed by atoms with Crippen LogP contribution in [0.5, 0.6) is 0 Å².